The Bertz CT molecular complexity index is 666. The molecule has 0 amide bonds. The molecular formula is C22H36N4O2S. The van der Waals surface area contributed by atoms with Crippen molar-refractivity contribution >= 4 is 17.7 Å². The van der Waals surface area contributed by atoms with Crippen molar-refractivity contribution in [1.82, 2.24) is 15.5 Å². The van der Waals surface area contributed by atoms with Crippen LogP contribution in [0.5, 0.6) is 0 Å². The Kier molecular flexibility index (Phi) is 8.66. The van der Waals surface area contributed by atoms with Crippen molar-refractivity contribution < 1.29 is 9.84 Å². The molecule has 0 aromatic heterocycles. The highest BCUT2D eigenvalue weighted by molar-refractivity contribution is 8.00. The van der Waals surface area contributed by atoms with E-state index in [2.05, 4.69) is 53.6 Å². The van der Waals surface area contributed by atoms with E-state index in [1.54, 1.807) is 0 Å². The smallest absolute Gasteiger partial charge is 0.191 e. The molecule has 29 heavy (non-hydrogen) atoms. The van der Waals surface area contributed by atoms with Gasteiger partial charge in [0, 0.05) is 38.0 Å². The van der Waals surface area contributed by atoms with E-state index in [9.17, 15) is 5.11 Å². The third-order valence-corrected chi connectivity index (χ3v) is 7.15. The standard InChI is InChI=1S/C22H36N4O2S/c1-3-23-21(25-17-22(27)10-9-20(22)29-4-2)24-15-18-7-5-6-8-19(18)16-26-11-13-28-14-12-26/h5-8,20,27H,3-4,9-17H2,1-2H3,(H2,23,24,25). The van der Waals surface area contributed by atoms with Crippen LogP contribution in [0, 0.1) is 0 Å². The predicted octanol–water partition coefficient (Wildman–Crippen LogP) is 2.22. The fraction of sp³-hybridized carbons (Fsp3) is 0.682. The van der Waals surface area contributed by atoms with E-state index in [4.69, 9.17) is 9.73 Å². The number of thioether (sulfide) groups is 1. The zero-order valence-corrected chi connectivity index (χ0v) is 18.6. The molecule has 1 aromatic carbocycles. The maximum absolute atomic E-state index is 10.8. The minimum atomic E-state index is -0.620. The van der Waals surface area contributed by atoms with Crippen molar-refractivity contribution in [2.45, 2.75) is 50.6 Å². The number of aliphatic imine (C=N–C) groups is 1. The molecule has 3 N–H and O–H groups in total. The molecule has 1 aliphatic heterocycles. The largest absolute Gasteiger partial charge is 0.387 e. The van der Waals surface area contributed by atoms with Gasteiger partial charge in [0.15, 0.2) is 5.96 Å². The maximum atomic E-state index is 10.8. The number of guanidine groups is 1. The van der Waals surface area contributed by atoms with Gasteiger partial charge in [-0.2, -0.15) is 11.8 Å². The average molecular weight is 421 g/mol. The van der Waals surface area contributed by atoms with E-state index in [0.29, 0.717) is 18.3 Å². The van der Waals surface area contributed by atoms with Crippen molar-refractivity contribution in [2.75, 3.05) is 45.1 Å². The average Bonchev–Trinajstić information content (AvgIpc) is 2.74. The zero-order valence-electron chi connectivity index (χ0n) is 17.8. The highest BCUT2D eigenvalue weighted by Crippen LogP contribution is 2.40. The van der Waals surface area contributed by atoms with E-state index in [-0.39, 0.29) is 0 Å². The summed E-state index contributed by atoms with van der Waals surface area (Å²) in [6.45, 7) is 10.7. The molecule has 0 spiro atoms. The van der Waals surface area contributed by atoms with Gasteiger partial charge >= 0.3 is 0 Å². The summed E-state index contributed by atoms with van der Waals surface area (Å²) in [5.41, 5.74) is 1.95. The van der Waals surface area contributed by atoms with E-state index in [0.717, 1.165) is 63.9 Å². The first-order chi connectivity index (χ1) is 14.1. The van der Waals surface area contributed by atoms with Crippen LogP contribution in [0.3, 0.4) is 0 Å². The number of rotatable bonds is 9. The molecule has 1 aromatic rings. The molecule has 1 heterocycles. The number of hydrogen-bond donors (Lipinski definition) is 3. The van der Waals surface area contributed by atoms with Crippen LogP contribution in [0.15, 0.2) is 29.3 Å². The summed E-state index contributed by atoms with van der Waals surface area (Å²) in [5.74, 6) is 1.82. The second kappa shape index (κ2) is 11.2. The third-order valence-electron chi connectivity index (χ3n) is 5.74. The highest BCUT2D eigenvalue weighted by atomic mass is 32.2. The summed E-state index contributed by atoms with van der Waals surface area (Å²) in [4.78, 5) is 7.24. The van der Waals surface area contributed by atoms with Crippen molar-refractivity contribution in [1.29, 1.82) is 0 Å². The molecule has 0 bridgehead atoms. The van der Waals surface area contributed by atoms with E-state index < -0.39 is 5.60 Å². The molecule has 2 atom stereocenters. The quantitative estimate of drug-likeness (QED) is 0.420. The first kappa shape index (κ1) is 22.4. The first-order valence-electron chi connectivity index (χ1n) is 10.9. The third kappa shape index (κ3) is 6.35. The lowest BCUT2D eigenvalue weighted by atomic mass is 9.79. The molecular weight excluding hydrogens is 384 g/mol. The number of nitrogens with zero attached hydrogens (tertiary/aromatic N) is 2. The van der Waals surface area contributed by atoms with Crippen LogP contribution in [0.2, 0.25) is 0 Å². The van der Waals surface area contributed by atoms with Gasteiger partial charge in [0.05, 0.1) is 25.4 Å². The molecule has 1 saturated heterocycles. The Labute approximate surface area is 179 Å². The predicted molar refractivity (Wildman–Crippen MR) is 121 cm³/mol. The molecule has 3 rings (SSSR count). The minimum Gasteiger partial charge on any atom is -0.387 e. The Morgan fingerprint density at radius 2 is 2.00 bits per heavy atom. The van der Waals surface area contributed by atoms with Gasteiger partial charge in [-0.25, -0.2) is 4.99 Å². The number of benzene rings is 1. The fourth-order valence-corrected chi connectivity index (χ4v) is 5.04. The molecule has 0 radical (unpaired) electrons. The van der Waals surface area contributed by atoms with Gasteiger partial charge in [-0.3, -0.25) is 4.90 Å². The Morgan fingerprint density at radius 1 is 1.24 bits per heavy atom. The van der Waals surface area contributed by atoms with Gasteiger partial charge in [0.25, 0.3) is 0 Å². The monoisotopic (exact) mass is 420 g/mol. The van der Waals surface area contributed by atoms with Gasteiger partial charge in [0.1, 0.15) is 0 Å². The lowest BCUT2D eigenvalue weighted by molar-refractivity contribution is -0.0198. The van der Waals surface area contributed by atoms with Gasteiger partial charge < -0.3 is 20.5 Å². The Morgan fingerprint density at radius 3 is 2.66 bits per heavy atom. The Balaban J connectivity index is 1.59. The summed E-state index contributed by atoms with van der Waals surface area (Å²) in [6.07, 6.45) is 1.96. The molecule has 1 saturated carbocycles. The number of hydrogen-bond acceptors (Lipinski definition) is 5. The van der Waals surface area contributed by atoms with Crippen molar-refractivity contribution in [2.24, 2.45) is 4.99 Å². The van der Waals surface area contributed by atoms with Gasteiger partial charge in [-0.1, -0.05) is 31.2 Å². The van der Waals surface area contributed by atoms with Crippen LogP contribution in [-0.4, -0.2) is 72.0 Å². The maximum Gasteiger partial charge on any atom is 0.191 e. The summed E-state index contributed by atoms with van der Waals surface area (Å²) < 4.78 is 5.46. The number of ether oxygens (including phenoxy) is 1. The van der Waals surface area contributed by atoms with Crippen LogP contribution < -0.4 is 10.6 Å². The normalized spacial score (nSPS) is 25.5. The molecule has 162 valence electrons. The van der Waals surface area contributed by atoms with Gasteiger partial charge in [-0.05, 0) is 36.6 Å². The SMILES string of the molecule is CCNC(=NCc1ccccc1CN1CCOCC1)NCC1(O)CCC1SCC. The molecule has 2 fully saturated rings. The van der Waals surface area contributed by atoms with Crippen LogP contribution in [-0.2, 0) is 17.8 Å². The van der Waals surface area contributed by atoms with Crippen molar-refractivity contribution in [3.8, 4) is 0 Å². The fourth-order valence-electron chi connectivity index (χ4n) is 3.85. The molecule has 1 aliphatic carbocycles. The number of aliphatic hydroxyl groups is 1. The van der Waals surface area contributed by atoms with Gasteiger partial charge in [-0.15, -0.1) is 0 Å². The lowest BCUT2D eigenvalue weighted by Crippen LogP contribution is -2.58. The van der Waals surface area contributed by atoms with Crippen LogP contribution >= 0.6 is 11.8 Å². The number of morpholine rings is 1. The molecule has 7 heteroatoms. The molecule has 2 aliphatic rings. The molecule has 6 nitrogen and oxygen atoms in total. The lowest BCUT2D eigenvalue weighted by Gasteiger charge is -2.45. The summed E-state index contributed by atoms with van der Waals surface area (Å²) in [7, 11) is 0. The second-order valence-electron chi connectivity index (χ2n) is 7.79. The van der Waals surface area contributed by atoms with Crippen LogP contribution in [0.25, 0.3) is 0 Å². The topological polar surface area (TPSA) is 69.1 Å². The summed E-state index contributed by atoms with van der Waals surface area (Å²) in [5, 5.41) is 17.9. The van der Waals surface area contributed by atoms with Gasteiger partial charge in [0.2, 0.25) is 0 Å². The van der Waals surface area contributed by atoms with Crippen LogP contribution in [0.1, 0.15) is 37.8 Å². The minimum absolute atomic E-state index is 0.331. The zero-order chi connectivity index (χ0) is 20.5. The number of nitrogens with one attached hydrogen (secondary N) is 2. The summed E-state index contributed by atoms with van der Waals surface area (Å²) >= 11 is 1.85. The van der Waals surface area contributed by atoms with E-state index >= 15 is 0 Å². The van der Waals surface area contributed by atoms with Crippen molar-refractivity contribution in [3.05, 3.63) is 35.4 Å². The highest BCUT2D eigenvalue weighted by Gasteiger charge is 2.45. The second-order valence-corrected chi connectivity index (χ2v) is 9.27. The van der Waals surface area contributed by atoms with Crippen molar-refractivity contribution in [3.63, 3.8) is 0 Å². The van der Waals surface area contributed by atoms with Crippen LogP contribution in [0.4, 0.5) is 0 Å². The molecule has 2 unspecified atom stereocenters. The summed E-state index contributed by atoms with van der Waals surface area (Å²) in [6, 6.07) is 8.54. The first-order valence-corrected chi connectivity index (χ1v) is 11.9. The van der Waals surface area contributed by atoms with E-state index in [1.165, 1.54) is 11.1 Å². The Hall–Kier alpha value is -1.28. The van der Waals surface area contributed by atoms with E-state index in [1.807, 2.05) is 11.8 Å².